The van der Waals surface area contributed by atoms with Gasteiger partial charge >= 0.3 is 6.03 Å². The van der Waals surface area contributed by atoms with Crippen molar-refractivity contribution in [3.05, 3.63) is 82.9 Å². The van der Waals surface area contributed by atoms with Gasteiger partial charge in [0.2, 0.25) is 0 Å². The Morgan fingerprint density at radius 2 is 1.66 bits per heavy atom. The summed E-state index contributed by atoms with van der Waals surface area (Å²) in [6.07, 6.45) is 0.811. The standard InChI is InChI=1S/C28H31N3O4/c1-19-10-11-26(25(14-19)29-27(32)24-9-6-5-8-20(24)2)31-13-7-12-30(28(31)33)18-21-15-22(34-3)17-23(16-21)35-4/h5-6,8-11,14-17H,7,12-13,18H2,1-4H3,(H,29,32). The molecule has 1 saturated heterocycles. The average molecular weight is 474 g/mol. The van der Waals surface area contributed by atoms with Crippen LogP contribution in [-0.4, -0.2) is 44.1 Å². The Labute approximate surface area is 206 Å². The predicted octanol–water partition coefficient (Wildman–Crippen LogP) is 5.41. The third-order valence-corrected chi connectivity index (χ3v) is 6.18. The normalized spacial score (nSPS) is 13.5. The van der Waals surface area contributed by atoms with Crippen LogP contribution < -0.4 is 19.7 Å². The number of carbonyl (C=O) groups is 2. The van der Waals surface area contributed by atoms with E-state index in [0.717, 1.165) is 23.1 Å². The van der Waals surface area contributed by atoms with E-state index in [1.165, 1.54) is 0 Å². The number of urea groups is 1. The van der Waals surface area contributed by atoms with Gasteiger partial charge in [-0.3, -0.25) is 9.69 Å². The van der Waals surface area contributed by atoms with E-state index in [9.17, 15) is 9.59 Å². The highest BCUT2D eigenvalue weighted by atomic mass is 16.5. The Balaban J connectivity index is 1.59. The molecule has 7 heteroatoms. The summed E-state index contributed by atoms with van der Waals surface area (Å²) in [7, 11) is 3.22. The summed E-state index contributed by atoms with van der Waals surface area (Å²) in [4.78, 5) is 30.2. The van der Waals surface area contributed by atoms with Crippen molar-refractivity contribution in [2.45, 2.75) is 26.8 Å². The van der Waals surface area contributed by atoms with Crippen LogP contribution >= 0.6 is 0 Å². The van der Waals surface area contributed by atoms with Gasteiger partial charge in [0.05, 0.1) is 25.6 Å². The number of amides is 3. The molecule has 3 amide bonds. The second-order valence-corrected chi connectivity index (χ2v) is 8.72. The van der Waals surface area contributed by atoms with Crippen LogP contribution in [0.2, 0.25) is 0 Å². The number of aryl methyl sites for hydroxylation is 2. The molecule has 0 aliphatic carbocycles. The number of hydrogen-bond acceptors (Lipinski definition) is 4. The number of nitrogens with zero attached hydrogens (tertiary/aromatic N) is 2. The second kappa shape index (κ2) is 10.5. The molecule has 0 unspecified atom stereocenters. The van der Waals surface area contributed by atoms with E-state index in [0.29, 0.717) is 48.1 Å². The summed E-state index contributed by atoms with van der Waals surface area (Å²) < 4.78 is 10.8. The molecule has 0 atom stereocenters. The molecule has 35 heavy (non-hydrogen) atoms. The lowest BCUT2D eigenvalue weighted by molar-refractivity contribution is 0.102. The van der Waals surface area contributed by atoms with Crippen LogP contribution in [0, 0.1) is 13.8 Å². The molecule has 1 heterocycles. The summed E-state index contributed by atoms with van der Waals surface area (Å²) in [5, 5.41) is 3.04. The molecule has 0 aromatic heterocycles. The summed E-state index contributed by atoms with van der Waals surface area (Å²) in [6.45, 7) is 5.53. The second-order valence-electron chi connectivity index (χ2n) is 8.72. The Hall–Kier alpha value is -4.00. The van der Waals surface area contributed by atoms with E-state index in [4.69, 9.17) is 9.47 Å². The van der Waals surface area contributed by atoms with E-state index < -0.39 is 0 Å². The summed E-state index contributed by atoms with van der Waals surface area (Å²) in [5.41, 5.74) is 4.74. The first-order valence-electron chi connectivity index (χ1n) is 11.7. The van der Waals surface area contributed by atoms with E-state index in [1.807, 2.05) is 73.3 Å². The van der Waals surface area contributed by atoms with Gasteiger partial charge < -0.3 is 19.7 Å². The molecule has 1 fully saturated rings. The summed E-state index contributed by atoms with van der Waals surface area (Å²) in [5.74, 6) is 1.17. The molecule has 182 valence electrons. The first-order chi connectivity index (χ1) is 16.9. The summed E-state index contributed by atoms with van der Waals surface area (Å²) >= 11 is 0. The smallest absolute Gasteiger partial charge is 0.324 e. The van der Waals surface area contributed by atoms with Crippen LogP contribution in [-0.2, 0) is 6.54 Å². The number of ether oxygens (including phenoxy) is 2. The first kappa shape index (κ1) is 24.1. The van der Waals surface area contributed by atoms with Gasteiger partial charge in [0.25, 0.3) is 5.91 Å². The molecule has 0 radical (unpaired) electrons. The Bertz CT molecular complexity index is 1220. The van der Waals surface area contributed by atoms with Gasteiger partial charge in [0.1, 0.15) is 11.5 Å². The van der Waals surface area contributed by atoms with E-state index in [2.05, 4.69) is 5.32 Å². The molecular formula is C28H31N3O4. The molecule has 4 rings (SSSR count). The van der Waals surface area contributed by atoms with Crippen molar-refractivity contribution in [2.75, 3.05) is 37.5 Å². The van der Waals surface area contributed by atoms with Crippen LogP contribution in [0.3, 0.4) is 0 Å². The maximum absolute atomic E-state index is 13.6. The predicted molar refractivity (Wildman–Crippen MR) is 138 cm³/mol. The van der Waals surface area contributed by atoms with E-state index >= 15 is 0 Å². The fraction of sp³-hybridized carbons (Fsp3) is 0.286. The molecule has 7 nitrogen and oxygen atoms in total. The van der Waals surface area contributed by atoms with Gasteiger partial charge in [0.15, 0.2) is 0 Å². The van der Waals surface area contributed by atoms with E-state index in [-0.39, 0.29) is 11.9 Å². The highest BCUT2D eigenvalue weighted by molar-refractivity contribution is 6.08. The molecular weight excluding hydrogens is 442 g/mol. The number of hydrogen-bond donors (Lipinski definition) is 1. The van der Waals surface area contributed by atoms with Crippen molar-refractivity contribution < 1.29 is 19.1 Å². The molecule has 1 aliphatic heterocycles. The minimum absolute atomic E-state index is 0.103. The van der Waals surface area contributed by atoms with Crippen molar-refractivity contribution in [3.63, 3.8) is 0 Å². The first-order valence-corrected chi connectivity index (χ1v) is 11.7. The Kier molecular flexibility index (Phi) is 7.25. The zero-order chi connectivity index (χ0) is 24.9. The van der Waals surface area contributed by atoms with Crippen molar-refractivity contribution >= 4 is 23.3 Å². The van der Waals surface area contributed by atoms with Gasteiger partial charge in [-0.25, -0.2) is 4.79 Å². The van der Waals surface area contributed by atoms with Gasteiger partial charge in [-0.2, -0.15) is 0 Å². The molecule has 0 saturated carbocycles. The monoisotopic (exact) mass is 473 g/mol. The third kappa shape index (κ3) is 5.40. The highest BCUT2D eigenvalue weighted by Gasteiger charge is 2.29. The van der Waals surface area contributed by atoms with Crippen LogP contribution in [0.5, 0.6) is 11.5 Å². The lowest BCUT2D eigenvalue weighted by Crippen LogP contribution is -2.49. The zero-order valence-corrected chi connectivity index (χ0v) is 20.6. The quantitative estimate of drug-likeness (QED) is 0.498. The average Bonchev–Trinajstić information content (AvgIpc) is 2.85. The molecule has 0 bridgehead atoms. The summed E-state index contributed by atoms with van der Waals surface area (Å²) in [6, 6.07) is 18.8. The van der Waals surface area contributed by atoms with Gasteiger partial charge in [-0.05, 0) is 67.3 Å². The number of benzene rings is 3. The van der Waals surface area contributed by atoms with Crippen LogP contribution in [0.15, 0.2) is 60.7 Å². The highest BCUT2D eigenvalue weighted by Crippen LogP contribution is 2.31. The number of methoxy groups -OCH3 is 2. The molecule has 1 N–H and O–H groups in total. The van der Waals surface area contributed by atoms with Crippen LogP contribution in [0.1, 0.15) is 33.5 Å². The third-order valence-electron chi connectivity index (χ3n) is 6.18. The van der Waals surface area contributed by atoms with Crippen molar-refractivity contribution in [1.29, 1.82) is 0 Å². The lowest BCUT2D eigenvalue weighted by atomic mass is 10.1. The molecule has 3 aromatic rings. The number of anilines is 2. The fourth-order valence-corrected chi connectivity index (χ4v) is 4.33. The van der Waals surface area contributed by atoms with Crippen LogP contribution in [0.25, 0.3) is 0 Å². The van der Waals surface area contributed by atoms with Crippen LogP contribution in [0.4, 0.5) is 16.2 Å². The van der Waals surface area contributed by atoms with Crippen molar-refractivity contribution in [3.8, 4) is 11.5 Å². The zero-order valence-electron chi connectivity index (χ0n) is 20.6. The lowest BCUT2D eigenvalue weighted by Gasteiger charge is -2.36. The van der Waals surface area contributed by atoms with Crippen molar-refractivity contribution in [1.82, 2.24) is 4.90 Å². The molecule has 1 aliphatic rings. The fourth-order valence-electron chi connectivity index (χ4n) is 4.33. The maximum Gasteiger partial charge on any atom is 0.324 e. The number of nitrogens with one attached hydrogen (secondary N) is 1. The largest absolute Gasteiger partial charge is 0.497 e. The Morgan fingerprint density at radius 1 is 0.943 bits per heavy atom. The maximum atomic E-state index is 13.6. The molecule has 3 aromatic carbocycles. The topological polar surface area (TPSA) is 71.1 Å². The van der Waals surface area contributed by atoms with Crippen molar-refractivity contribution in [2.24, 2.45) is 0 Å². The van der Waals surface area contributed by atoms with Gasteiger partial charge in [-0.1, -0.05) is 24.3 Å². The number of carbonyl (C=O) groups excluding carboxylic acids is 2. The SMILES string of the molecule is COc1cc(CN2CCCN(c3ccc(C)cc3NC(=O)c3ccccc3C)C2=O)cc(OC)c1. The minimum Gasteiger partial charge on any atom is -0.497 e. The Morgan fingerprint density at radius 3 is 2.34 bits per heavy atom. The minimum atomic E-state index is -0.195. The number of rotatable bonds is 7. The molecule has 0 spiro atoms. The van der Waals surface area contributed by atoms with Gasteiger partial charge in [-0.15, -0.1) is 0 Å². The van der Waals surface area contributed by atoms with E-state index in [1.54, 1.807) is 25.2 Å². The van der Waals surface area contributed by atoms with Gasteiger partial charge in [0, 0.05) is 31.3 Å².